The van der Waals surface area contributed by atoms with Crippen LogP contribution in [0, 0.1) is 0 Å². The molecule has 0 aromatic heterocycles. The van der Waals surface area contributed by atoms with Gasteiger partial charge in [-0.3, -0.25) is 0 Å². The van der Waals surface area contributed by atoms with Gasteiger partial charge in [0.15, 0.2) is 0 Å². The van der Waals surface area contributed by atoms with Gasteiger partial charge in [0.05, 0.1) is 0 Å². The van der Waals surface area contributed by atoms with E-state index in [4.69, 9.17) is 40.5 Å². The molecule has 0 aliphatic carbocycles. The average molecular weight is 413 g/mol. The second-order valence-corrected chi connectivity index (χ2v) is 8.60. The summed E-state index contributed by atoms with van der Waals surface area (Å²) in [5.41, 5.74) is 6.49. The Labute approximate surface area is 164 Å². The minimum atomic E-state index is 0.635. The zero-order chi connectivity index (χ0) is 17.1. The van der Waals surface area contributed by atoms with Crippen LogP contribution in [0.1, 0.15) is 0 Å². The third-order valence-electron chi connectivity index (χ3n) is 3.02. The maximum atomic E-state index is 6.04. The average Bonchev–Trinajstić information content (AvgIpc) is 2.47. The van der Waals surface area contributed by atoms with Crippen LogP contribution in [0.5, 0.6) is 0 Å². The molecular formula is C18H12Cl3NS2. The third kappa shape index (κ3) is 5.01. The Balaban J connectivity index is 1.73. The summed E-state index contributed by atoms with van der Waals surface area (Å²) in [5, 5.41) is 1.91. The lowest BCUT2D eigenvalue weighted by atomic mass is 10.3. The summed E-state index contributed by atoms with van der Waals surface area (Å²) in [6, 6.07) is 19.3. The van der Waals surface area contributed by atoms with Crippen molar-refractivity contribution in [3.8, 4) is 0 Å². The first-order valence-corrected chi connectivity index (χ1v) is 9.72. The van der Waals surface area contributed by atoms with Crippen molar-refractivity contribution in [1.29, 1.82) is 0 Å². The molecule has 3 aromatic rings. The van der Waals surface area contributed by atoms with Crippen LogP contribution >= 0.6 is 58.3 Å². The fourth-order valence-electron chi connectivity index (χ4n) is 2.08. The molecule has 0 fully saturated rings. The number of hydrogen-bond donors (Lipinski definition) is 1. The van der Waals surface area contributed by atoms with Gasteiger partial charge in [0, 0.05) is 40.3 Å². The predicted octanol–water partition coefficient (Wildman–Crippen LogP) is 7.53. The summed E-state index contributed by atoms with van der Waals surface area (Å²) >= 11 is 21.3. The maximum Gasteiger partial charge on any atom is 0.0437 e. The molecule has 0 atom stereocenters. The van der Waals surface area contributed by atoms with Crippen LogP contribution in [0.3, 0.4) is 0 Å². The lowest BCUT2D eigenvalue weighted by molar-refractivity contribution is 1.33. The van der Waals surface area contributed by atoms with Crippen molar-refractivity contribution < 1.29 is 0 Å². The molecule has 24 heavy (non-hydrogen) atoms. The van der Waals surface area contributed by atoms with Gasteiger partial charge >= 0.3 is 0 Å². The number of nitrogens with two attached hydrogens (primary N) is 1. The highest BCUT2D eigenvalue weighted by atomic mass is 35.5. The fraction of sp³-hybridized carbons (Fsp3) is 0. The Kier molecular flexibility index (Phi) is 5.90. The van der Waals surface area contributed by atoms with Gasteiger partial charge in [-0.2, -0.15) is 0 Å². The van der Waals surface area contributed by atoms with Crippen LogP contribution in [-0.2, 0) is 0 Å². The number of rotatable bonds is 4. The van der Waals surface area contributed by atoms with Crippen LogP contribution < -0.4 is 5.73 Å². The summed E-state index contributed by atoms with van der Waals surface area (Å²) in [6.45, 7) is 0. The van der Waals surface area contributed by atoms with Crippen molar-refractivity contribution in [3.63, 3.8) is 0 Å². The molecule has 6 heteroatoms. The molecule has 0 bridgehead atoms. The van der Waals surface area contributed by atoms with E-state index in [0.29, 0.717) is 20.8 Å². The van der Waals surface area contributed by atoms with Crippen molar-refractivity contribution in [2.24, 2.45) is 0 Å². The van der Waals surface area contributed by atoms with Crippen LogP contribution in [0.15, 0.2) is 80.2 Å². The van der Waals surface area contributed by atoms with Gasteiger partial charge in [-0.15, -0.1) is 0 Å². The highest BCUT2D eigenvalue weighted by molar-refractivity contribution is 7.99. The number of nitrogen functional groups attached to an aromatic ring is 1. The zero-order valence-corrected chi connectivity index (χ0v) is 16.2. The Morgan fingerprint density at radius 3 is 1.42 bits per heavy atom. The van der Waals surface area contributed by atoms with E-state index in [9.17, 15) is 0 Å². The molecule has 0 spiro atoms. The third-order valence-corrected chi connectivity index (χ3v) is 5.64. The SMILES string of the molecule is Nc1cc(Cl)cc(Sc2ccc(Sc3cc(Cl)cc(Cl)c3)cc2)c1. The molecule has 122 valence electrons. The molecule has 0 radical (unpaired) electrons. The van der Waals surface area contributed by atoms with Gasteiger partial charge in [0.25, 0.3) is 0 Å². The number of benzene rings is 3. The van der Waals surface area contributed by atoms with Crippen LogP contribution in [0.4, 0.5) is 5.69 Å². The van der Waals surface area contributed by atoms with E-state index in [0.717, 1.165) is 19.6 Å². The second kappa shape index (κ2) is 7.94. The summed E-state index contributed by atoms with van der Waals surface area (Å²) < 4.78 is 0. The lowest BCUT2D eigenvalue weighted by Gasteiger charge is -2.06. The van der Waals surface area contributed by atoms with Crippen LogP contribution in [0.2, 0.25) is 15.1 Å². The van der Waals surface area contributed by atoms with Gasteiger partial charge in [-0.1, -0.05) is 58.3 Å². The molecule has 3 aromatic carbocycles. The normalized spacial score (nSPS) is 10.8. The van der Waals surface area contributed by atoms with E-state index in [-0.39, 0.29) is 0 Å². The van der Waals surface area contributed by atoms with E-state index >= 15 is 0 Å². The Morgan fingerprint density at radius 1 is 0.542 bits per heavy atom. The number of halogens is 3. The van der Waals surface area contributed by atoms with Gasteiger partial charge in [0.1, 0.15) is 0 Å². The van der Waals surface area contributed by atoms with Gasteiger partial charge in [0.2, 0.25) is 0 Å². The molecular weight excluding hydrogens is 401 g/mol. The van der Waals surface area contributed by atoms with E-state index in [1.165, 1.54) is 0 Å². The molecule has 0 amide bonds. The first-order valence-electron chi connectivity index (χ1n) is 6.96. The molecule has 0 saturated heterocycles. The second-order valence-electron chi connectivity index (χ2n) is 5.00. The lowest BCUT2D eigenvalue weighted by Crippen LogP contribution is -1.84. The predicted molar refractivity (Wildman–Crippen MR) is 107 cm³/mol. The summed E-state index contributed by atoms with van der Waals surface area (Å²) in [7, 11) is 0. The summed E-state index contributed by atoms with van der Waals surface area (Å²) in [6.07, 6.45) is 0. The van der Waals surface area contributed by atoms with Gasteiger partial charge in [-0.05, 0) is 60.7 Å². The molecule has 0 saturated carbocycles. The van der Waals surface area contributed by atoms with E-state index in [2.05, 4.69) is 24.3 Å². The molecule has 0 unspecified atom stereocenters. The monoisotopic (exact) mass is 411 g/mol. The van der Waals surface area contributed by atoms with Crippen molar-refractivity contribution in [1.82, 2.24) is 0 Å². The largest absolute Gasteiger partial charge is 0.399 e. The Morgan fingerprint density at radius 2 is 0.958 bits per heavy atom. The molecule has 1 nitrogen and oxygen atoms in total. The van der Waals surface area contributed by atoms with E-state index < -0.39 is 0 Å². The molecule has 0 heterocycles. The van der Waals surface area contributed by atoms with Gasteiger partial charge < -0.3 is 5.73 Å². The minimum Gasteiger partial charge on any atom is -0.399 e. The summed E-state index contributed by atoms with van der Waals surface area (Å²) in [4.78, 5) is 4.26. The van der Waals surface area contributed by atoms with Gasteiger partial charge in [-0.25, -0.2) is 0 Å². The standard InChI is InChI=1S/C18H12Cl3NS2/c19-11-5-12(20)8-17(7-11)23-15-1-3-16(4-2-15)24-18-9-13(21)6-14(22)10-18/h1-10H,22H2. The smallest absolute Gasteiger partial charge is 0.0437 e. The maximum absolute atomic E-state index is 6.04. The first kappa shape index (κ1) is 17.8. The van der Waals surface area contributed by atoms with E-state index in [1.807, 2.05) is 24.3 Å². The highest BCUT2D eigenvalue weighted by Gasteiger charge is 2.04. The zero-order valence-electron chi connectivity index (χ0n) is 12.3. The summed E-state index contributed by atoms with van der Waals surface area (Å²) in [5.74, 6) is 0. The quantitative estimate of drug-likeness (QED) is 0.448. The van der Waals surface area contributed by atoms with Crippen molar-refractivity contribution >= 4 is 64.0 Å². The minimum absolute atomic E-state index is 0.635. The van der Waals surface area contributed by atoms with Crippen molar-refractivity contribution in [3.05, 3.63) is 75.7 Å². The van der Waals surface area contributed by atoms with Crippen LogP contribution in [-0.4, -0.2) is 0 Å². The molecule has 2 N–H and O–H groups in total. The fourth-order valence-corrected chi connectivity index (χ4v) is 4.88. The first-order chi connectivity index (χ1) is 11.5. The van der Waals surface area contributed by atoms with Crippen molar-refractivity contribution in [2.75, 3.05) is 5.73 Å². The molecule has 0 aliphatic heterocycles. The molecule has 0 aliphatic rings. The Hall–Kier alpha value is -0.970. The van der Waals surface area contributed by atoms with Crippen molar-refractivity contribution in [2.45, 2.75) is 19.6 Å². The Bertz CT molecular complexity index is 754. The van der Waals surface area contributed by atoms with Crippen LogP contribution in [0.25, 0.3) is 0 Å². The molecule has 3 rings (SSSR count). The highest BCUT2D eigenvalue weighted by Crippen LogP contribution is 2.35. The number of hydrogen-bond acceptors (Lipinski definition) is 3. The number of anilines is 1. The topological polar surface area (TPSA) is 26.0 Å². The van der Waals surface area contributed by atoms with E-state index in [1.54, 1.807) is 35.7 Å².